The van der Waals surface area contributed by atoms with Gasteiger partial charge in [-0.05, 0) is 47.9 Å². The first-order valence-electron chi connectivity index (χ1n) is 9.67. The van der Waals surface area contributed by atoms with Crippen LogP contribution in [0.2, 0.25) is 5.02 Å². The summed E-state index contributed by atoms with van der Waals surface area (Å²) in [5.41, 5.74) is 4.85. The monoisotopic (exact) mass is 435 g/mol. The van der Waals surface area contributed by atoms with Gasteiger partial charge in [0.25, 0.3) is 0 Å². The highest BCUT2D eigenvalue weighted by atomic mass is 35.5. The molecule has 0 fully saturated rings. The summed E-state index contributed by atoms with van der Waals surface area (Å²) in [4.78, 5) is 24.0. The van der Waals surface area contributed by atoms with Crippen LogP contribution in [0.5, 0.6) is 5.75 Å². The van der Waals surface area contributed by atoms with Crippen molar-refractivity contribution in [2.45, 2.75) is 19.6 Å². The number of ether oxygens (including phenoxy) is 1. The molecule has 0 radical (unpaired) electrons. The first-order valence-corrected chi connectivity index (χ1v) is 10.1. The summed E-state index contributed by atoms with van der Waals surface area (Å²) in [6, 6.07) is 23.7. The quantitative estimate of drug-likeness (QED) is 0.331. The minimum atomic E-state index is -0.839. The van der Waals surface area contributed by atoms with E-state index in [4.69, 9.17) is 16.3 Å². The van der Waals surface area contributed by atoms with Gasteiger partial charge in [0.1, 0.15) is 12.4 Å². The van der Waals surface area contributed by atoms with Crippen molar-refractivity contribution in [3.8, 4) is 5.75 Å². The largest absolute Gasteiger partial charge is 0.489 e. The Kier molecular flexibility index (Phi) is 7.79. The number of hydrazone groups is 1. The summed E-state index contributed by atoms with van der Waals surface area (Å²) in [5, 5.41) is 7.17. The number of carbonyl (C=O) groups is 2. The van der Waals surface area contributed by atoms with Crippen LogP contribution < -0.4 is 15.5 Å². The maximum Gasteiger partial charge on any atom is 0.329 e. The zero-order valence-electron chi connectivity index (χ0n) is 16.9. The molecule has 0 spiro atoms. The molecule has 3 aromatic carbocycles. The fourth-order valence-corrected chi connectivity index (χ4v) is 2.86. The number of nitrogens with one attached hydrogen (secondary N) is 2. The SMILES string of the molecule is C[C@H](NC(=O)C(=O)N/N=C\c1cccc(OCc2ccc(Cl)cc2)c1)c1ccccc1. The van der Waals surface area contributed by atoms with E-state index < -0.39 is 11.8 Å². The predicted molar refractivity (Wildman–Crippen MR) is 121 cm³/mol. The van der Waals surface area contributed by atoms with Gasteiger partial charge in [0, 0.05) is 5.02 Å². The van der Waals surface area contributed by atoms with E-state index in [1.165, 1.54) is 6.21 Å². The third kappa shape index (κ3) is 6.97. The standard InChI is InChI=1S/C24H22ClN3O3/c1-17(20-7-3-2-4-8-20)27-23(29)24(30)28-26-15-19-6-5-9-22(14-19)31-16-18-10-12-21(25)13-11-18/h2-15,17H,16H2,1H3,(H,27,29)(H,28,30)/b26-15-/t17-/m0/s1. The number of amides is 2. The van der Waals surface area contributed by atoms with Crippen molar-refractivity contribution in [1.29, 1.82) is 0 Å². The van der Waals surface area contributed by atoms with Crippen LogP contribution in [0.15, 0.2) is 84.0 Å². The second kappa shape index (κ2) is 10.9. The first kappa shape index (κ1) is 22.1. The van der Waals surface area contributed by atoms with Gasteiger partial charge in [-0.2, -0.15) is 5.10 Å². The van der Waals surface area contributed by atoms with Gasteiger partial charge < -0.3 is 10.1 Å². The van der Waals surface area contributed by atoms with E-state index in [9.17, 15) is 9.59 Å². The smallest absolute Gasteiger partial charge is 0.329 e. The Balaban J connectivity index is 1.49. The number of benzene rings is 3. The molecule has 0 unspecified atom stereocenters. The van der Waals surface area contributed by atoms with E-state index in [1.807, 2.05) is 72.8 Å². The average molecular weight is 436 g/mol. The fraction of sp³-hybridized carbons (Fsp3) is 0.125. The van der Waals surface area contributed by atoms with E-state index in [-0.39, 0.29) is 6.04 Å². The lowest BCUT2D eigenvalue weighted by Gasteiger charge is -2.13. The molecular weight excluding hydrogens is 414 g/mol. The van der Waals surface area contributed by atoms with Crippen molar-refractivity contribution >= 4 is 29.6 Å². The summed E-state index contributed by atoms with van der Waals surface area (Å²) in [7, 11) is 0. The van der Waals surface area contributed by atoms with Crippen molar-refractivity contribution < 1.29 is 14.3 Å². The molecule has 6 nitrogen and oxygen atoms in total. The van der Waals surface area contributed by atoms with Crippen molar-refractivity contribution in [3.05, 3.63) is 101 Å². The number of hydrogen-bond acceptors (Lipinski definition) is 4. The second-order valence-corrected chi connectivity index (χ2v) is 7.23. The van der Waals surface area contributed by atoms with Gasteiger partial charge in [-0.1, -0.05) is 66.2 Å². The molecule has 3 rings (SSSR count). The van der Waals surface area contributed by atoms with Gasteiger partial charge in [0.05, 0.1) is 12.3 Å². The zero-order chi connectivity index (χ0) is 22.1. The van der Waals surface area contributed by atoms with E-state index in [1.54, 1.807) is 13.0 Å². The molecular formula is C24H22ClN3O3. The molecule has 158 valence electrons. The topological polar surface area (TPSA) is 79.8 Å². The van der Waals surface area contributed by atoms with Gasteiger partial charge in [0.15, 0.2) is 0 Å². The lowest BCUT2D eigenvalue weighted by atomic mass is 10.1. The van der Waals surface area contributed by atoms with Gasteiger partial charge in [-0.15, -0.1) is 0 Å². The maximum atomic E-state index is 12.0. The molecule has 0 saturated carbocycles. The predicted octanol–water partition coefficient (Wildman–Crippen LogP) is 4.25. The Morgan fingerprint density at radius 3 is 2.48 bits per heavy atom. The minimum Gasteiger partial charge on any atom is -0.489 e. The lowest BCUT2D eigenvalue weighted by molar-refractivity contribution is -0.139. The zero-order valence-corrected chi connectivity index (χ0v) is 17.7. The molecule has 0 aliphatic heterocycles. The second-order valence-electron chi connectivity index (χ2n) is 6.79. The molecule has 2 N–H and O–H groups in total. The molecule has 0 aromatic heterocycles. The van der Waals surface area contributed by atoms with E-state index in [0.717, 1.165) is 11.1 Å². The molecule has 0 heterocycles. The number of hydrogen-bond donors (Lipinski definition) is 2. The number of carbonyl (C=O) groups excluding carboxylic acids is 2. The number of nitrogens with zero attached hydrogens (tertiary/aromatic N) is 1. The van der Waals surface area contributed by atoms with E-state index >= 15 is 0 Å². The summed E-state index contributed by atoms with van der Waals surface area (Å²) in [5.74, 6) is -0.942. The van der Waals surface area contributed by atoms with Crippen LogP contribution in [-0.4, -0.2) is 18.0 Å². The van der Waals surface area contributed by atoms with Crippen LogP contribution in [0.3, 0.4) is 0 Å². The highest BCUT2D eigenvalue weighted by Crippen LogP contribution is 2.16. The minimum absolute atomic E-state index is 0.294. The number of rotatable bonds is 7. The highest BCUT2D eigenvalue weighted by Gasteiger charge is 2.16. The van der Waals surface area contributed by atoms with Gasteiger partial charge in [0.2, 0.25) is 0 Å². The Hall–Kier alpha value is -3.64. The Morgan fingerprint density at radius 1 is 1.00 bits per heavy atom. The summed E-state index contributed by atoms with van der Waals surface area (Å²) < 4.78 is 5.77. The molecule has 0 aliphatic carbocycles. The summed E-state index contributed by atoms with van der Waals surface area (Å²) in [6.45, 7) is 2.20. The first-order chi connectivity index (χ1) is 15.0. The molecule has 7 heteroatoms. The summed E-state index contributed by atoms with van der Waals surface area (Å²) in [6.07, 6.45) is 1.45. The van der Waals surface area contributed by atoms with Crippen LogP contribution in [-0.2, 0) is 16.2 Å². The molecule has 3 aromatic rings. The van der Waals surface area contributed by atoms with Crippen molar-refractivity contribution in [2.24, 2.45) is 5.10 Å². The maximum absolute atomic E-state index is 12.0. The van der Waals surface area contributed by atoms with Crippen LogP contribution in [0.4, 0.5) is 0 Å². The normalized spacial score (nSPS) is 11.7. The fourth-order valence-electron chi connectivity index (χ4n) is 2.74. The van der Waals surface area contributed by atoms with Crippen LogP contribution in [0, 0.1) is 0 Å². The van der Waals surface area contributed by atoms with Crippen molar-refractivity contribution in [3.63, 3.8) is 0 Å². The van der Waals surface area contributed by atoms with Crippen LogP contribution in [0.1, 0.15) is 29.7 Å². The molecule has 0 saturated heterocycles. The van der Waals surface area contributed by atoms with Gasteiger partial charge >= 0.3 is 11.8 Å². The lowest BCUT2D eigenvalue weighted by Crippen LogP contribution is -2.39. The van der Waals surface area contributed by atoms with Crippen molar-refractivity contribution in [2.75, 3.05) is 0 Å². The van der Waals surface area contributed by atoms with Crippen LogP contribution in [0.25, 0.3) is 0 Å². The Bertz CT molecular complexity index is 1050. The van der Waals surface area contributed by atoms with E-state index in [0.29, 0.717) is 22.9 Å². The third-order valence-electron chi connectivity index (χ3n) is 4.41. The highest BCUT2D eigenvalue weighted by molar-refractivity contribution is 6.35. The molecule has 2 amide bonds. The Labute approximate surface area is 185 Å². The molecule has 0 bridgehead atoms. The van der Waals surface area contributed by atoms with E-state index in [2.05, 4.69) is 15.8 Å². The number of halogens is 1. The third-order valence-corrected chi connectivity index (χ3v) is 4.66. The molecule has 31 heavy (non-hydrogen) atoms. The van der Waals surface area contributed by atoms with Crippen molar-refractivity contribution in [1.82, 2.24) is 10.7 Å². The van der Waals surface area contributed by atoms with Gasteiger partial charge in [-0.25, -0.2) is 5.43 Å². The molecule has 1 atom stereocenters. The molecule has 0 aliphatic rings. The van der Waals surface area contributed by atoms with Crippen LogP contribution >= 0.6 is 11.6 Å². The average Bonchev–Trinajstić information content (AvgIpc) is 2.79. The Morgan fingerprint density at radius 2 is 1.74 bits per heavy atom. The summed E-state index contributed by atoms with van der Waals surface area (Å²) >= 11 is 5.88. The van der Waals surface area contributed by atoms with Gasteiger partial charge in [-0.3, -0.25) is 9.59 Å².